The monoisotopic (exact) mass is 241 g/mol. The van der Waals surface area contributed by atoms with Crippen molar-refractivity contribution in [1.29, 1.82) is 0 Å². The van der Waals surface area contributed by atoms with Crippen LogP contribution in [0.25, 0.3) is 11.0 Å². The molecule has 0 fully saturated rings. The average molecular weight is 241 g/mol. The molecule has 0 aliphatic heterocycles. The zero-order valence-electron chi connectivity index (χ0n) is 10.3. The Bertz CT molecular complexity index is 668. The number of fused-ring (bicyclic) bond motifs is 1. The third-order valence-corrected chi connectivity index (χ3v) is 3.17. The number of hydrogen-bond donors (Lipinski definition) is 1. The number of benzene rings is 1. The molecule has 0 aliphatic carbocycles. The second-order valence-corrected chi connectivity index (χ2v) is 4.39. The number of nitrogens with two attached hydrogens (primary N) is 1. The second kappa shape index (κ2) is 4.22. The number of imidazole rings is 1. The van der Waals surface area contributed by atoms with Crippen LogP contribution in [0.5, 0.6) is 0 Å². The second-order valence-electron chi connectivity index (χ2n) is 4.39. The van der Waals surface area contributed by atoms with Gasteiger partial charge in [-0.15, -0.1) is 0 Å². The van der Waals surface area contributed by atoms with Crippen LogP contribution in [0, 0.1) is 6.92 Å². The van der Waals surface area contributed by atoms with Gasteiger partial charge in [0.2, 0.25) is 5.95 Å². The van der Waals surface area contributed by atoms with Crippen LogP contribution >= 0.6 is 0 Å². The quantitative estimate of drug-likeness (QED) is 0.767. The summed E-state index contributed by atoms with van der Waals surface area (Å²) in [5.41, 5.74) is 9.20. The van der Waals surface area contributed by atoms with E-state index in [0.717, 1.165) is 35.3 Å². The van der Waals surface area contributed by atoms with Crippen molar-refractivity contribution in [2.24, 2.45) is 0 Å². The van der Waals surface area contributed by atoms with Crippen molar-refractivity contribution < 1.29 is 4.42 Å². The Morgan fingerprint density at radius 2 is 2.17 bits per heavy atom. The molecule has 0 unspecified atom stereocenters. The summed E-state index contributed by atoms with van der Waals surface area (Å²) < 4.78 is 7.37. The van der Waals surface area contributed by atoms with Gasteiger partial charge in [-0.25, -0.2) is 4.98 Å². The lowest BCUT2D eigenvalue weighted by atomic mass is 10.2. The number of aromatic nitrogens is 2. The molecule has 0 atom stereocenters. The highest BCUT2D eigenvalue weighted by molar-refractivity contribution is 5.81. The summed E-state index contributed by atoms with van der Waals surface area (Å²) >= 11 is 0. The van der Waals surface area contributed by atoms with E-state index in [4.69, 9.17) is 10.2 Å². The first-order valence-corrected chi connectivity index (χ1v) is 5.99. The molecular formula is C14H15N3O. The van der Waals surface area contributed by atoms with E-state index in [0.29, 0.717) is 5.95 Å². The van der Waals surface area contributed by atoms with E-state index in [1.807, 2.05) is 41.8 Å². The predicted molar refractivity (Wildman–Crippen MR) is 71.3 cm³/mol. The Morgan fingerprint density at radius 1 is 1.28 bits per heavy atom. The van der Waals surface area contributed by atoms with Crippen LogP contribution in [0.4, 0.5) is 5.95 Å². The van der Waals surface area contributed by atoms with Crippen molar-refractivity contribution in [3.8, 4) is 0 Å². The van der Waals surface area contributed by atoms with Gasteiger partial charge >= 0.3 is 0 Å². The Hall–Kier alpha value is -2.23. The molecule has 18 heavy (non-hydrogen) atoms. The fourth-order valence-corrected chi connectivity index (χ4v) is 2.22. The van der Waals surface area contributed by atoms with Gasteiger partial charge in [0, 0.05) is 13.0 Å². The van der Waals surface area contributed by atoms with E-state index < -0.39 is 0 Å². The van der Waals surface area contributed by atoms with Crippen molar-refractivity contribution in [1.82, 2.24) is 9.55 Å². The first-order valence-electron chi connectivity index (χ1n) is 5.99. The van der Waals surface area contributed by atoms with Crippen LogP contribution in [-0.2, 0) is 13.0 Å². The Labute approximate surface area is 105 Å². The Morgan fingerprint density at radius 3 is 2.94 bits per heavy atom. The van der Waals surface area contributed by atoms with Gasteiger partial charge in [0.25, 0.3) is 0 Å². The van der Waals surface area contributed by atoms with Gasteiger partial charge in [-0.05, 0) is 30.7 Å². The largest absolute Gasteiger partial charge is 0.469 e. The normalized spacial score (nSPS) is 11.2. The lowest BCUT2D eigenvalue weighted by Gasteiger charge is -2.05. The number of anilines is 1. The molecule has 0 saturated carbocycles. The predicted octanol–water partition coefficient (Wildman–Crippen LogP) is 2.76. The Balaban J connectivity index is 1.96. The molecule has 3 rings (SSSR count). The summed E-state index contributed by atoms with van der Waals surface area (Å²) in [4.78, 5) is 4.42. The van der Waals surface area contributed by atoms with Gasteiger partial charge in [0.15, 0.2) is 0 Å². The minimum absolute atomic E-state index is 0.561. The zero-order chi connectivity index (χ0) is 12.5. The van der Waals surface area contributed by atoms with E-state index in [2.05, 4.69) is 4.98 Å². The standard InChI is InChI=1S/C14H15N3O/c1-10-4-2-6-12-13(10)16-14(15)17(12)8-7-11-5-3-9-18-11/h2-6,9H,7-8H2,1H3,(H2,15,16). The van der Waals surface area contributed by atoms with Crippen molar-refractivity contribution in [2.75, 3.05) is 5.73 Å². The summed E-state index contributed by atoms with van der Waals surface area (Å²) in [5.74, 6) is 1.52. The molecule has 4 nitrogen and oxygen atoms in total. The van der Waals surface area contributed by atoms with Crippen LogP contribution < -0.4 is 5.73 Å². The molecule has 2 heterocycles. The first-order chi connectivity index (χ1) is 8.75. The number of nitrogen functional groups attached to an aromatic ring is 1. The summed E-state index contributed by atoms with van der Waals surface area (Å²) in [5, 5.41) is 0. The number of nitrogens with zero attached hydrogens (tertiary/aromatic N) is 2. The molecule has 3 aromatic rings. The van der Waals surface area contributed by atoms with Crippen LogP contribution in [0.2, 0.25) is 0 Å². The number of rotatable bonds is 3. The van der Waals surface area contributed by atoms with Crippen LogP contribution in [0.1, 0.15) is 11.3 Å². The lowest BCUT2D eigenvalue weighted by Crippen LogP contribution is -2.05. The fraction of sp³-hybridized carbons (Fsp3) is 0.214. The molecule has 2 N–H and O–H groups in total. The molecule has 1 aromatic carbocycles. The molecule has 0 spiro atoms. The molecule has 0 radical (unpaired) electrons. The van der Waals surface area contributed by atoms with Gasteiger partial charge in [-0.2, -0.15) is 0 Å². The Kier molecular flexibility index (Phi) is 2.55. The van der Waals surface area contributed by atoms with Crippen molar-refractivity contribution in [3.63, 3.8) is 0 Å². The van der Waals surface area contributed by atoms with Gasteiger partial charge in [0.1, 0.15) is 5.76 Å². The lowest BCUT2D eigenvalue weighted by molar-refractivity contribution is 0.494. The molecule has 0 bridgehead atoms. The first kappa shape index (κ1) is 10.9. The van der Waals surface area contributed by atoms with E-state index in [-0.39, 0.29) is 0 Å². The van der Waals surface area contributed by atoms with Crippen LogP contribution in [0.15, 0.2) is 41.0 Å². The molecule has 92 valence electrons. The minimum Gasteiger partial charge on any atom is -0.469 e. The SMILES string of the molecule is Cc1cccc2c1nc(N)n2CCc1ccco1. The van der Waals surface area contributed by atoms with Crippen LogP contribution in [-0.4, -0.2) is 9.55 Å². The number of para-hydroxylation sites is 1. The number of furan rings is 1. The summed E-state index contributed by atoms with van der Waals surface area (Å²) in [6, 6.07) is 10.00. The summed E-state index contributed by atoms with van der Waals surface area (Å²) in [7, 11) is 0. The maximum absolute atomic E-state index is 5.98. The van der Waals surface area contributed by atoms with Gasteiger partial charge in [-0.1, -0.05) is 12.1 Å². The summed E-state index contributed by atoms with van der Waals surface area (Å²) in [6.45, 7) is 2.82. The third-order valence-electron chi connectivity index (χ3n) is 3.17. The molecular weight excluding hydrogens is 226 g/mol. The topological polar surface area (TPSA) is 57.0 Å². The summed E-state index contributed by atoms with van der Waals surface area (Å²) in [6.07, 6.45) is 2.51. The maximum atomic E-state index is 5.98. The third kappa shape index (κ3) is 1.76. The van der Waals surface area contributed by atoms with E-state index in [1.165, 1.54) is 0 Å². The van der Waals surface area contributed by atoms with E-state index >= 15 is 0 Å². The molecule has 4 heteroatoms. The highest BCUT2D eigenvalue weighted by Gasteiger charge is 2.09. The van der Waals surface area contributed by atoms with Gasteiger partial charge in [-0.3, -0.25) is 0 Å². The molecule has 0 aliphatic rings. The van der Waals surface area contributed by atoms with Crippen molar-refractivity contribution in [2.45, 2.75) is 19.9 Å². The molecule has 0 saturated heterocycles. The molecule has 2 aromatic heterocycles. The van der Waals surface area contributed by atoms with Gasteiger partial charge in [0.05, 0.1) is 17.3 Å². The van der Waals surface area contributed by atoms with E-state index in [1.54, 1.807) is 6.26 Å². The average Bonchev–Trinajstić information content (AvgIpc) is 2.95. The van der Waals surface area contributed by atoms with E-state index in [9.17, 15) is 0 Å². The minimum atomic E-state index is 0.561. The van der Waals surface area contributed by atoms with Crippen molar-refractivity contribution >= 4 is 17.0 Å². The number of hydrogen-bond acceptors (Lipinski definition) is 3. The van der Waals surface area contributed by atoms with Gasteiger partial charge < -0.3 is 14.7 Å². The number of aryl methyl sites for hydroxylation is 3. The van der Waals surface area contributed by atoms with Crippen molar-refractivity contribution in [3.05, 3.63) is 47.9 Å². The highest BCUT2D eigenvalue weighted by atomic mass is 16.3. The highest BCUT2D eigenvalue weighted by Crippen LogP contribution is 2.21. The molecule has 0 amide bonds. The maximum Gasteiger partial charge on any atom is 0.201 e. The zero-order valence-corrected chi connectivity index (χ0v) is 10.3. The van der Waals surface area contributed by atoms with Crippen LogP contribution in [0.3, 0.4) is 0 Å². The fourth-order valence-electron chi connectivity index (χ4n) is 2.22. The smallest absolute Gasteiger partial charge is 0.201 e.